The third-order valence-corrected chi connectivity index (χ3v) is 10.5. The van der Waals surface area contributed by atoms with Crippen LogP contribution in [0.2, 0.25) is 5.02 Å². The number of thioether (sulfide) groups is 1. The van der Waals surface area contributed by atoms with Crippen LogP contribution in [0.3, 0.4) is 0 Å². The van der Waals surface area contributed by atoms with E-state index >= 15 is 0 Å². The minimum absolute atomic E-state index is 0.0489. The second-order valence-corrected chi connectivity index (χ2v) is 13.9. The molecule has 1 atom stereocenters. The molecule has 0 spiro atoms. The van der Waals surface area contributed by atoms with E-state index < -0.39 is 22.9 Å². The van der Waals surface area contributed by atoms with Gasteiger partial charge in [0.15, 0.2) is 0 Å². The number of nitrogens with one attached hydrogen (secondary N) is 4. The van der Waals surface area contributed by atoms with Crippen molar-refractivity contribution in [2.24, 2.45) is 0 Å². The second kappa shape index (κ2) is 17.5. The van der Waals surface area contributed by atoms with Crippen molar-refractivity contribution in [3.05, 3.63) is 147 Å². The zero-order chi connectivity index (χ0) is 37.2. The maximum atomic E-state index is 14.7. The summed E-state index contributed by atoms with van der Waals surface area (Å²) in [5.41, 5.74) is 1.58. The Bertz CT molecular complexity index is 2180. The number of carbonyl (C=O) groups excluding carboxylic acids is 4. The van der Waals surface area contributed by atoms with Crippen molar-refractivity contribution in [3.8, 4) is 6.07 Å². The van der Waals surface area contributed by atoms with Gasteiger partial charge in [0.1, 0.15) is 22.6 Å². The molecule has 0 saturated heterocycles. The Morgan fingerprint density at radius 3 is 2.23 bits per heavy atom. The van der Waals surface area contributed by atoms with Crippen LogP contribution in [0, 0.1) is 24.1 Å². The standard InChI is InChI=1S/C39H31ClFN5O4S2/c1-3-33(37(49)46-39-29(22-42)23(2)34(52-39)38(50)43-25-14-8-5-9-15-25)51-27-17-10-16-26(20-27)44-36(48)32(21-28-30(40)18-11-19-31(28)41)45-35(47)24-12-6-4-7-13-24/h4-21,33H,3H2,1-2H3,(H,43,50)(H,44,48)(H,45,47)(H,46,49)/b32-21+. The first kappa shape index (κ1) is 37.5. The van der Waals surface area contributed by atoms with E-state index in [1.165, 1.54) is 36.0 Å². The van der Waals surface area contributed by atoms with Gasteiger partial charge in [0.2, 0.25) is 5.91 Å². The number of nitrogens with zero attached hydrogens (tertiary/aromatic N) is 1. The normalized spacial score (nSPS) is 11.6. The molecule has 4 amide bonds. The minimum Gasteiger partial charge on any atom is -0.321 e. The van der Waals surface area contributed by atoms with Crippen LogP contribution in [0.25, 0.3) is 6.08 Å². The molecule has 0 saturated carbocycles. The lowest BCUT2D eigenvalue weighted by Gasteiger charge is -2.16. The lowest BCUT2D eigenvalue weighted by molar-refractivity contribution is -0.116. The Labute approximate surface area is 312 Å². The molecular weight excluding hydrogens is 721 g/mol. The number of benzene rings is 4. The quantitative estimate of drug-likeness (QED) is 0.0742. The molecule has 0 aliphatic carbocycles. The Kier molecular flexibility index (Phi) is 12.6. The molecule has 9 nitrogen and oxygen atoms in total. The molecule has 52 heavy (non-hydrogen) atoms. The number of thiophene rings is 1. The van der Waals surface area contributed by atoms with Gasteiger partial charge >= 0.3 is 0 Å². The van der Waals surface area contributed by atoms with Crippen LogP contribution in [0.4, 0.5) is 20.8 Å². The summed E-state index contributed by atoms with van der Waals surface area (Å²) < 4.78 is 14.7. The van der Waals surface area contributed by atoms with Crippen molar-refractivity contribution in [1.82, 2.24) is 5.32 Å². The van der Waals surface area contributed by atoms with Crippen molar-refractivity contribution in [1.29, 1.82) is 5.26 Å². The van der Waals surface area contributed by atoms with Crippen LogP contribution in [-0.2, 0) is 9.59 Å². The summed E-state index contributed by atoms with van der Waals surface area (Å²) >= 11 is 8.49. The first-order valence-corrected chi connectivity index (χ1v) is 18.0. The van der Waals surface area contributed by atoms with E-state index in [2.05, 4.69) is 27.3 Å². The first-order chi connectivity index (χ1) is 25.1. The molecule has 0 aliphatic heterocycles. The van der Waals surface area contributed by atoms with Gasteiger partial charge < -0.3 is 21.3 Å². The third kappa shape index (κ3) is 9.32. The van der Waals surface area contributed by atoms with Gasteiger partial charge in [0.25, 0.3) is 17.7 Å². The number of amides is 4. The van der Waals surface area contributed by atoms with Gasteiger partial charge in [0.05, 0.1) is 20.7 Å². The van der Waals surface area contributed by atoms with Gasteiger partial charge in [-0.15, -0.1) is 23.1 Å². The number of anilines is 3. The van der Waals surface area contributed by atoms with Gasteiger partial charge in [-0.3, -0.25) is 19.2 Å². The number of carbonyl (C=O) groups is 4. The fourth-order valence-electron chi connectivity index (χ4n) is 4.92. The lowest BCUT2D eigenvalue weighted by atomic mass is 10.1. The maximum Gasteiger partial charge on any atom is 0.272 e. The van der Waals surface area contributed by atoms with Crippen LogP contribution < -0.4 is 21.3 Å². The summed E-state index contributed by atoms with van der Waals surface area (Å²) in [5.74, 6) is -2.76. The number of nitriles is 1. The van der Waals surface area contributed by atoms with E-state index in [-0.39, 0.29) is 44.2 Å². The van der Waals surface area contributed by atoms with Gasteiger partial charge in [0, 0.05) is 27.4 Å². The van der Waals surface area contributed by atoms with Gasteiger partial charge in [-0.05, 0) is 79.6 Å². The van der Waals surface area contributed by atoms with Crippen LogP contribution in [0.1, 0.15) is 50.1 Å². The second-order valence-electron chi connectivity index (χ2n) is 11.2. The Hall–Kier alpha value is -5.74. The molecule has 0 fully saturated rings. The molecule has 13 heteroatoms. The molecule has 0 radical (unpaired) electrons. The molecule has 1 heterocycles. The summed E-state index contributed by atoms with van der Waals surface area (Å²) in [6.07, 6.45) is 1.59. The van der Waals surface area contributed by atoms with Crippen LogP contribution >= 0.6 is 34.7 Å². The summed E-state index contributed by atoms with van der Waals surface area (Å²) in [6.45, 7) is 3.50. The molecule has 4 aromatic carbocycles. The molecule has 262 valence electrons. The molecule has 5 rings (SSSR count). The predicted octanol–water partition coefficient (Wildman–Crippen LogP) is 8.89. The van der Waals surface area contributed by atoms with Crippen LogP contribution in [0.5, 0.6) is 0 Å². The molecule has 0 bridgehead atoms. The summed E-state index contributed by atoms with van der Waals surface area (Å²) in [4.78, 5) is 54.0. The SMILES string of the molecule is CCC(Sc1cccc(NC(=O)/C(=C\c2c(F)cccc2Cl)NC(=O)c2ccccc2)c1)C(=O)Nc1sc(C(=O)Nc2ccccc2)c(C)c1C#N. The maximum absolute atomic E-state index is 14.7. The number of hydrogen-bond acceptors (Lipinski definition) is 7. The molecular formula is C39H31ClFN5O4S2. The highest BCUT2D eigenvalue weighted by molar-refractivity contribution is 8.00. The van der Waals surface area contributed by atoms with Gasteiger partial charge in [-0.25, -0.2) is 4.39 Å². The molecule has 5 aromatic rings. The lowest BCUT2D eigenvalue weighted by Crippen LogP contribution is -2.30. The summed E-state index contributed by atoms with van der Waals surface area (Å²) in [5, 5.41) is 20.5. The summed E-state index contributed by atoms with van der Waals surface area (Å²) in [6, 6.07) is 30.1. The monoisotopic (exact) mass is 751 g/mol. The van der Waals surface area contributed by atoms with E-state index in [0.29, 0.717) is 33.1 Å². The zero-order valence-corrected chi connectivity index (χ0v) is 30.2. The number of rotatable bonds is 12. The van der Waals surface area contributed by atoms with E-state index in [9.17, 15) is 28.8 Å². The average Bonchev–Trinajstić information content (AvgIpc) is 3.46. The molecule has 1 unspecified atom stereocenters. The van der Waals surface area contributed by atoms with Gasteiger partial charge in [-0.2, -0.15) is 5.26 Å². The fourth-order valence-corrected chi connectivity index (χ4v) is 7.21. The average molecular weight is 752 g/mol. The molecule has 4 N–H and O–H groups in total. The fraction of sp³-hybridized carbons (Fsp3) is 0.103. The molecule has 0 aliphatic rings. The number of para-hydroxylation sites is 1. The number of halogens is 2. The van der Waals surface area contributed by atoms with Crippen LogP contribution in [-0.4, -0.2) is 28.9 Å². The highest BCUT2D eigenvalue weighted by atomic mass is 35.5. The summed E-state index contributed by atoms with van der Waals surface area (Å²) in [7, 11) is 0. The van der Waals surface area contributed by atoms with E-state index in [1.807, 2.05) is 13.0 Å². The molecule has 1 aromatic heterocycles. The highest BCUT2D eigenvalue weighted by Gasteiger charge is 2.25. The first-order valence-electron chi connectivity index (χ1n) is 15.9. The Morgan fingerprint density at radius 1 is 0.885 bits per heavy atom. The van der Waals surface area contributed by atoms with Crippen molar-refractivity contribution < 1.29 is 23.6 Å². The minimum atomic E-state index is -0.736. The number of hydrogen-bond donors (Lipinski definition) is 4. The van der Waals surface area contributed by atoms with Crippen molar-refractivity contribution >= 4 is 80.8 Å². The van der Waals surface area contributed by atoms with Crippen molar-refractivity contribution in [2.75, 3.05) is 16.0 Å². The third-order valence-electron chi connectivity index (χ3n) is 7.58. The van der Waals surface area contributed by atoms with E-state index in [1.54, 1.807) is 85.8 Å². The van der Waals surface area contributed by atoms with E-state index in [0.717, 1.165) is 11.3 Å². The van der Waals surface area contributed by atoms with Crippen molar-refractivity contribution in [2.45, 2.75) is 30.4 Å². The Balaban J connectivity index is 1.31. The topological polar surface area (TPSA) is 140 Å². The van der Waals surface area contributed by atoms with Gasteiger partial charge in [-0.1, -0.05) is 67.1 Å². The Morgan fingerprint density at radius 2 is 1.56 bits per heavy atom. The largest absolute Gasteiger partial charge is 0.321 e. The van der Waals surface area contributed by atoms with Crippen LogP contribution in [0.15, 0.2) is 114 Å². The zero-order valence-electron chi connectivity index (χ0n) is 27.8. The van der Waals surface area contributed by atoms with Crippen molar-refractivity contribution in [3.63, 3.8) is 0 Å². The predicted molar refractivity (Wildman–Crippen MR) is 205 cm³/mol. The highest BCUT2D eigenvalue weighted by Crippen LogP contribution is 2.35. The van der Waals surface area contributed by atoms with E-state index in [4.69, 9.17) is 11.6 Å². The smallest absolute Gasteiger partial charge is 0.272 e.